The van der Waals surface area contributed by atoms with E-state index in [4.69, 9.17) is 34.3 Å². The molecule has 10 atom stereocenters. The van der Waals surface area contributed by atoms with Gasteiger partial charge in [-0.1, -0.05) is 0 Å². The van der Waals surface area contributed by atoms with Gasteiger partial charge in [-0.25, -0.2) is 29.1 Å². The quantitative estimate of drug-likeness (QED) is 0.117. The van der Waals surface area contributed by atoms with E-state index in [2.05, 4.69) is 29.9 Å². The summed E-state index contributed by atoms with van der Waals surface area (Å²) < 4.78 is 56.0. The number of imidazole rings is 2. The van der Waals surface area contributed by atoms with E-state index in [0.29, 0.717) is 0 Å². The number of ether oxygens (including phenoxy) is 1. The molecule has 0 radical (unpaired) electrons. The molecule has 1 saturated carbocycles. The van der Waals surface area contributed by atoms with Gasteiger partial charge in [0.1, 0.15) is 36.3 Å². The van der Waals surface area contributed by atoms with Crippen molar-refractivity contribution >= 4 is 49.7 Å². The number of nitrogen functional groups attached to an aromatic ring is 2. The van der Waals surface area contributed by atoms with Crippen LogP contribution < -0.4 is 17.0 Å². The van der Waals surface area contributed by atoms with Crippen LogP contribution in [0.4, 0.5) is 11.8 Å². The van der Waals surface area contributed by atoms with Gasteiger partial charge < -0.3 is 40.8 Å². The lowest BCUT2D eigenvalue weighted by atomic mass is 10.1. The second-order valence-electron chi connectivity index (χ2n) is 10.6. The molecule has 242 valence electrons. The molecule has 0 spiro atoms. The fraction of sp³-hybridized carbons (Fsp3) is 0.524. The molecule has 6 heterocycles. The van der Waals surface area contributed by atoms with Crippen LogP contribution in [-0.2, 0) is 32.0 Å². The number of aliphatic hydroxyl groups is 2. The van der Waals surface area contributed by atoms with Gasteiger partial charge in [0.05, 0.1) is 38.0 Å². The van der Waals surface area contributed by atoms with Crippen LogP contribution >= 0.6 is 15.6 Å². The summed E-state index contributed by atoms with van der Waals surface area (Å²) in [5.41, 5.74) is 11.1. The number of aromatic nitrogens is 8. The minimum Gasteiger partial charge on any atom is -0.390 e. The van der Waals surface area contributed by atoms with Crippen LogP contribution in [0.1, 0.15) is 18.7 Å². The number of nitrogens with two attached hydrogens (primary N) is 2. The molecule has 24 heteroatoms. The van der Waals surface area contributed by atoms with E-state index >= 15 is 0 Å². The summed E-state index contributed by atoms with van der Waals surface area (Å²) >= 11 is 0. The van der Waals surface area contributed by atoms with Gasteiger partial charge in [0.2, 0.25) is 5.95 Å². The molecule has 9 N–H and O–H groups in total. The number of aromatic amines is 1. The van der Waals surface area contributed by atoms with Crippen molar-refractivity contribution < 1.29 is 52.0 Å². The van der Waals surface area contributed by atoms with E-state index in [1.54, 1.807) is 0 Å². The van der Waals surface area contributed by atoms with Gasteiger partial charge in [0.25, 0.3) is 5.56 Å². The van der Waals surface area contributed by atoms with Gasteiger partial charge in [-0.2, -0.15) is 4.98 Å². The zero-order valence-corrected chi connectivity index (χ0v) is 24.5. The van der Waals surface area contributed by atoms with Crippen LogP contribution in [0.15, 0.2) is 23.8 Å². The van der Waals surface area contributed by atoms with E-state index in [9.17, 15) is 33.9 Å². The van der Waals surface area contributed by atoms with E-state index in [0.717, 1.165) is 6.33 Å². The number of fused-ring (bicyclic) bond motifs is 5. The smallest absolute Gasteiger partial charge is 0.390 e. The highest BCUT2D eigenvalue weighted by atomic mass is 31.2. The molecule has 1 aliphatic carbocycles. The molecule has 0 amide bonds. The number of anilines is 2. The maximum absolute atomic E-state index is 13.2. The number of phosphoric ester groups is 2. The molecule has 0 aromatic carbocycles. The summed E-state index contributed by atoms with van der Waals surface area (Å²) in [6.07, 6.45) is -5.58. The van der Waals surface area contributed by atoms with Gasteiger partial charge in [-0.15, -0.1) is 0 Å². The zero-order valence-electron chi connectivity index (χ0n) is 22.7. The van der Waals surface area contributed by atoms with Gasteiger partial charge in [0, 0.05) is 5.92 Å². The first kappa shape index (κ1) is 30.3. The van der Waals surface area contributed by atoms with Gasteiger partial charge in [-0.3, -0.25) is 32.4 Å². The van der Waals surface area contributed by atoms with Crippen LogP contribution in [0.25, 0.3) is 22.3 Å². The summed E-state index contributed by atoms with van der Waals surface area (Å²) in [5, 5.41) is 22.3. The fourth-order valence-corrected chi connectivity index (χ4v) is 7.81. The molecule has 7 rings (SSSR count). The Morgan fingerprint density at radius 3 is 2.36 bits per heavy atom. The summed E-state index contributed by atoms with van der Waals surface area (Å²) in [5.74, 6) is -1.16. The first-order valence-electron chi connectivity index (χ1n) is 13.3. The van der Waals surface area contributed by atoms with Crippen molar-refractivity contribution in [3.63, 3.8) is 0 Å². The van der Waals surface area contributed by atoms with Crippen LogP contribution in [0.5, 0.6) is 0 Å². The zero-order chi connectivity index (χ0) is 31.8. The average molecular weight is 672 g/mol. The number of nitrogens with zero attached hydrogens (tertiary/aromatic N) is 7. The lowest BCUT2D eigenvalue weighted by Crippen LogP contribution is -2.36. The maximum Gasteiger partial charge on any atom is 0.472 e. The maximum atomic E-state index is 13.2. The van der Waals surface area contributed by atoms with E-state index in [1.165, 1.54) is 21.8 Å². The summed E-state index contributed by atoms with van der Waals surface area (Å²) in [6.45, 7) is -1.39. The summed E-state index contributed by atoms with van der Waals surface area (Å²) in [4.78, 5) is 56.2. The average Bonchev–Trinajstić information content (AvgIpc) is 3.72. The Morgan fingerprint density at radius 1 is 0.889 bits per heavy atom. The highest BCUT2D eigenvalue weighted by Crippen LogP contribution is 2.55. The van der Waals surface area contributed by atoms with Crippen molar-refractivity contribution in [1.29, 1.82) is 0 Å². The van der Waals surface area contributed by atoms with E-state index in [-0.39, 0.29) is 40.5 Å². The lowest BCUT2D eigenvalue weighted by Gasteiger charge is -2.26. The van der Waals surface area contributed by atoms with Crippen LogP contribution in [-0.4, -0.2) is 103 Å². The first-order chi connectivity index (χ1) is 21.3. The van der Waals surface area contributed by atoms with Crippen LogP contribution in [0, 0.1) is 5.92 Å². The number of H-pyrrole nitrogens is 1. The topological polar surface area (TPSA) is 320 Å². The molecular formula is C21H26N10O12P2. The molecule has 3 fully saturated rings. The van der Waals surface area contributed by atoms with Crippen LogP contribution in [0.3, 0.4) is 0 Å². The molecule has 3 aliphatic rings. The monoisotopic (exact) mass is 672 g/mol. The Kier molecular flexibility index (Phi) is 7.30. The Balaban J connectivity index is 1.21. The minimum absolute atomic E-state index is 0.00383. The second kappa shape index (κ2) is 10.9. The Morgan fingerprint density at radius 2 is 1.58 bits per heavy atom. The molecule has 4 aromatic rings. The minimum atomic E-state index is -5.03. The van der Waals surface area contributed by atoms with Crippen LogP contribution in [0.2, 0.25) is 0 Å². The number of nitrogens with one attached hydrogen (secondary N) is 1. The van der Waals surface area contributed by atoms with Crippen molar-refractivity contribution in [1.82, 2.24) is 39.0 Å². The number of rotatable bonds is 2. The van der Waals surface area contributed by atoms with E-state index in [1.807, 2.05) is 0 Å². The Bertz CT molecular complexity index is 1940. The first-order valence-corrected chi connectivity index (χ1v) is 16.3. The molecule has 4 aromatic heterocycles. The number of phosphoric acid groups is 2. The van der Waals surface area contributed by atoms with Gasteiger partial charge >= 0.3 is 15.6 Å². The standard InChI is InChI=1S/C21H26N10O12P2/c22-16-10-17(25-4-24-16)31(6-26-10)20-13(33)15-9(41-20)3-40-45(37,38)42-14-8(1-7(12(14)32)2-39-44(35,36)43-15)30-5-27-11-18(30)28-21(23)29-19(11)34/h4-9,12-15,20,32-33H,1-3H2,(H,35,36)(H,37,38)(H2,22,24,25)(H3,23,28,29,34)/t7-,8-,9-,12?,13-,14-,15?,20-/m1/s1. The second-order valence-corrected chi connectivity index (χ2v) is 13.4. The van der Waals surface area contributed by atoms with Gasteiger partial charge in [0.15, 0.2) is 28.9 Å². The molecule has 22 nitrogen and oxygen atoms in total. The van der Waals surface area contributed by atoms with Crippen molar-refractivity contribution in [2.24, 2.45) is 5.92 Å². The predicted molar refractivity (Wildman–Crippen MR) is 147 cm³/mol. The fourth-order valence-electron chi connectivity index (χ4n) is 5.83. The highest BCUT2D eigenvalue weighted by Gasteiger charge is 2.53. The molecule has 2 saturated heterocycles. The predicted octanol–water partition coefficient (Wildman–Crippen LogP) is -1.68. The number of aliphatic hydroxyl groups excluding tert-OH is 2. The Hall–Kier alpha value is -3.40. The molecule has 2 aliphatic heterocycles. The van der Waals surface area contributed by atoms with Crippen molar-refractivity contribution in [2.45, 2.75) is 49.2 Å². The third-order valence-corrected chi connectivity index (χ3v) is 9.86. The SMILES string of the molecule is Nc1nc2c(ncn2[C@@H]2C[C@@H]3COP(=O)(O)OC4[C@@H](O)[C@H](n5cnc6c(N)ncnc65)O[C@@H]4COP(=O)(O)O[C@H]2C3O)c(=O)[nH]1. The third kappa shape index (κ3) is 5.32. The number of hydrogen-bond acceptors (Lipinski definition) is 17. The van der Waals surface area contributed by atoms with Gasteiger partial charge in [-0.05, 0) is 6.42 Å². The summed E-state index contributed by atoms with van der Waals surface area (Å²) in [7, 11) is -10.0. The van der Waals surface area contributed by atoms with E-state index < -0.39 is 83.1 Å². The van der Waals surface area contributed by atoms with Crippen molar-refractivity contribution in [3.05, 3.63) is 29.3 Å². The molecule has 4 unspecified atom stereocenters. The molecule has 45 heavy (non-hydrogen) atoms. The normalized spacial score (nSPS) is 37.7. The molecular weight excluding hydrogens is 646 g/mol. The summed E-state index contributed by atoms with van der Waals surface area (Å²) in [6, 6.07) is -0.996. The Labute approximate surface area is 250 Å². The number of hydrogen-bond donors (Lipinski definition) is 7. The van der Waals surface area contributed by atoms with Crippen molar-refractivity contribution in [2.75, 3.05) is 24.7 Å². The lowest BCUT2D eigenvalue weighted by molar-refractivity contribution is -0.0552. The highest BCUT2D eigenvalue weighted by molar-refractivity contribution is 7.47. The largest absolute Gasteiger partial charge is 0.472 e. The molecule has 2 bridgehead atoms. The van der Waals surface area contributed by atoms with Crippen molar-refractivity contribution in [3.8, 4) is 0 Å². The third-order valence-electron chi connectivity index (χ3n) is 7.89.